The largest absolute Gasteiger partial charge is 0.491 e. The molecule has 0 saturated heterocycles. The van der Waals surface area contributed by atoms with Crippen molar-refractivity contribution in [2.75, 3.05) is 11.9 Å². The molecule has 25 heavy (non-hydrogen) atoms. The second-order valence-corrected chi connectivity index (χ2v) is 5.72. The van der Waals surface area contributed by atoms with Crippen molar-refractivity contribution < 1.29 is 13.9 Å². The van der Waals surface area contributed by atoms with Crippen LogP contribution in [0.3, 0.4) is 0 Å². The highest BCUT2D eigenvalue weighted by Crippen LogP contribution is 2.19. The van der Waals surface area contributed by atoms with Crippen LogP contribution in [0.25, 0.3) is 0 Å². The van der Waals surface area contributed by atoms with E-state index in [9.17, 15) is 4.39 Å². The fraction of sp³-hybridized carbons (Fsp3) is 0.316. The summed E-state index contributed by atoms with van der Waals surface area (Å²) in [4.78, 5) is 4.22. The first-order chi connectivity index (χ1) is 12.0. The van der Waals surface area contributed by atoms with Gasteiger partial charge in [-0.3, -0.25) is 0 Å². The standard InChI is InChI=1S/C19H24FN3O2/c1-4-24-18-10-5-14(11-17(18)20)12-22-19(21)23-15-6-8-16(9-7-15)25-13(2)3/h5-11,13H,4,12H2,1-3H3,(H3,21,22,23). The van der Waals surface area contributed by atoms with Crippen LogP contribution in [0.4, 0.5) is 10.1 Å². The Balaban J connectivity index is 1.94. The third-order valence-corrected chi connectivity index (χ3v) is 3.23. The zero-order chi connectivity index (χ0) is 18.2. The van der Waals surface area contributed by atoms with E-state index in [1.807, 2.05) is 45.0 Å². The Kier molecular flexibility index (Phi) is 6.62. The average Bonchev–Trinajstić information content (AvgIpc) is 2.57. The van der Waals surface area contributed by atoms with Crippen molar-refractivity contribution in [2.45, 2.75) is 33.4 Å². The van der Waals surface area contributed by atoms with Gasteiger partial charge in [-0.05, 0) is 62.7 Å². The Bertz CT molecular complexity index is 715. The Hall–Kier alpha value is -2.76. The molecule has 0 atom stereocenters. The van der Waals surface area contributed by atoms with E-state index in [4.69, 9.17) is 15.2 Å². The smallest absolute Gasteiger partial charge is 0.193 e. The number of hydrogen-bond acceptors (Lipinski definition) is 3. The highest BCUT2D eigenvalue weighted by Gasteiger charge is 2.04. The Labute approximate surface area is 147 Å². The average molecular weight is 345 g/mol. The van der Waals surface area contributed by atoms with Crippen molar-refractivity contribution >= 4 is 11.6 Å². The third kappa shape index (κ3) is 5.99. The molecule has 0 aliphatic heterocycles. The third-order valence-electron chi connectivity index (χ3n) is 3.23. The van der Waals surface area contributed by atoms with E-state index in [1.165, 1.54) is 6.07 Å². The first-order valence-corrected chi connectivity index (χ1v) is 8.22. The molecule has 5 nitrogen and oxygen atoms in total. The number of benzene rings is 2. The van der Waals surface area contributed by atoms with Crippen molar-refractivity contribution in [2.24, 2.45) is 10.7 Å². The first kappa shape index (κ1) is 18.6. The quantitative estimate of drug-likeness (QED) is 0.589. The lowest BCUT2D eigenvalue weighted by molar-refractivity contribution is 0.242. The molecule has 0 aliphatic rings. The number of ether oxygens (including phenoxy) is 2. The van der Waals surface area contributed by atoms with E-state index in [1.54, 1.807) is 12.1 Å². The van der Waals surface area contributed by atoms with Gasteiger partial charge >= 0.3 is 0 Å². The second-order valence-electron chi connectivity index (χ2n) is 5.72. The minimum absolute atomic E-state index is 0.125. The molecule has 0 aliphatic carbocycles. The number of halogens is 1. The van der Waals surface area contributed by atoms with Gasteiger partial charge in [-0.2, -0.15) is 0 Å². The molecule has 134 valence electrons. The number of guanidine groups is 1. The molecule has 0 saturated carbocycles. The molecule has 6 heteroatoms. The van der Waals surface area contributed by atoms with E-state index < -0.39 is 5.82 Å². The zero-order valence-corrected chi connectivity index (χ0v) is 14.8. The van der Waals surface area contributed by atoms with Crippen molar-refractivity contribution in [1.29, 1.82) is 0 Å². The molecule has 0 amide bonds. The lowest BCUT2D eigenvalue weighted by atomic mass is 10.2. The summed E-state index contributed by atoms with van der Waals surface area (Å²) in [7, 11) is 0. The molecule has 2 rings (SSSR count). The number of nitrogens with two attached hydrogens (primary N) is 1. The highest BCUT2D eigenvalue weighted by atomic mass is 19.1. The molecule has 0 radical (unpaired) electrons. The van der Waals surface area contributed by atoms with Gasteiger partial charge in [0.15, 0.2) is 17.5 Å². The van der Waals surface area contributed by atoms with Crippen LogP contribution in [0.2, 0.25) is 0 Å². The maximum absolute atomic E-state index is 13.8. The Morgan fingerprint density at radius 1 is 1.20 bits per heavy atom. The molecule has 0 aromatic heterocycles. The van der Waals surface area contributed by atoms with Crippen LogP contribution in [-0.4, -0.2) is 18.7 Å². The summed E-state index contributed by atoms with van der Waals surface area (Å²) in [5.41, 5.74) is 7.39. The van der Waals surface area contributed by atoms with Crippen LogP contribution in [-0.2, 0) is 6.54 Å². The number of nitrogens with zero attached hydrogens (tertiary/aromatic N) is 1. The Morgan fingerprint density at radius 3 is 2.52 bits per heavy atom. The maximum Gasteiger partial charge on any atom is 0.193 e. The van der Waals surface area contributed by atoms with Crippen LogP contribution in [0.5, 0.6) is 11.5 Å². The summed E-state index contributed by atoms with van der Waals surface area (Å²) in [6.45, 7) is 6.45. The molecular formula is C19H24FN3O2. The van der Waals surface area contributed by atoms with Gasteiger partial charge in [-0.25, -0.2) is 9.38 Å². The SMILES string of the molecule is CCOc1ccc(CN=C(N)Nc2ccc(OC(C)C)cc2)cc1F. The van der Waals surface area contributed by atoms with Crippen LogP contribution >= 0.6 is 0 Å². The molecule has 0 unspecified atom stereocenters. The zero-order valence-electron chi connectivity index (χ0n) is 14.8. The van der Waals surface area contributed by atoms with Gasteiger partial charge in [0.25, 0.3) is 0 Å². The molecule has 0 heterocycles. The van der Waals surface area contributed by atoms with Gasteiger partial charge in [0.2, 0.25) is 0 Å². The normalized spacial score (nSPS) is 11.5. The van der Waals surface area contributed by atoms with Crippen molar-refractivity contribution in [1.82, 2.24) is 0 Å². The molecule has 0 spiro atoms. The summed E-state index contributed by atoms with van der Waals surface area (Å²) >= 11 is 0. The lowest BCUT2D eigenvalue weighted by Crippen LogP contribution is -2.22. The highest BCUT2D eigenvalue weighted by molar-refractivity contribution is 5.92. The topological polar surface area (TPSA) is 68.9 Å². The number of hydrogen-bond donors (Lipinski definition) is 2. The first-order valence-electron chi connectivity index (χ1n) is 8.22. The maximum atomic E-state index is 13.8. The van der Waals surface area contributed by atoms with E-state index >= 15 is 0 Å². The van der Waals surface area contributed by atoms with Gasteiger partial charge < -0.3 is 20.5 Å². The fourth-order valence-corrected chi connectivity index (χ4v) is 2.17. The van der Waals surface area contributed by atoms with E-state index in [0.29, 0.717) is 12.2 Å². The number of anilines is 1. The predicted molar refractivity (Wildman–Crippen MR) is 98.7 cm³/mol. The molecule has 3 N–H and O–H groups in total. The van der Waals surface area contributed by atoms with Crippen molar-refractivity contribution in [3.8, 4) is 11.5 Å². The number of aliphatic imine (C=N–C) groups is 1. The molecule has 0 bridgehead atoms. The fourth-order valence-electron chi connectivity index (χ4n) is 2.17. The summed E-state index contributed by atoms with van der Waals surface area (Å²) in [5.74, 6) is 0.889. The van der Waals surface area contributed by atoms with Gasteiger partial charge in [-0.15, -0.1) is 0 Å². The minimum Gasteiger partial charge on any atom is -0.491 e. The van der Waals surface area contributed by atoms with Gasteiger partial charge in [0.1, 0.15) is 5.75 Å². The van der Waals surface area contributed by atoms with Crippen molar-refractivity contribution in [3.05, 3.63) is 53.8 Å². The van der Waals surface area contributed by atoms with Gasteiger partial charge in [0.05, 0.1) is 19.3 Å². The van der Waals surface area contributed by atoms with E-state index in [0.717, 1.165) is 11.4 Å². The molecule has 2 aromatic carbocycles. The monoisotopic (exact) mass is 345 g/mol. The lowest BCUT2D eigenvalue weighted by Gasteiger charge is -2.11. The second kappa shape index (κ2) is 8.92. The summed E-state index contributed by atoms with van der Waals surface area (Å²) in [5, 5.41) is 2.99. The summed E-state index contributed by atoms with van der Waals surface area (Å²) < 4.78 is 24.6. The van der Waals surface area contributed by atoms with E-state index in [2.05, 4.69) is 10.3 Å². The molecule has 2 aromatic rings. The molecule has 0 fully saturated rings. The van der Waals surface area contributed by atoms with Crippen LogP contribution in [0, 0.1) is 5.82 Å². The van der Waals surface area contributed by atoms with Crippen LogP contribution in [0.1, 0.15) is 26.3 Å². The van der Waals surface area contributed by atoms with Crippen LogP contribution < -0.4 is 20.5 Å². The summed E-state index contributed by atoms with van der Waals surface area (Å²) in [6.07, 6.45) is 0.125. The summed E-state index contributed by atoms with van der Waals surface area (Å²) in [6, 6.07) is 12.2. The van der Waals surface area contributed by atoms with E-state index in [-0.39, 0.29) is 24.4 Å². The Morgan fingerprint density at radius 2 is 1.92 bits per heavy atom. The minimum atomic E-state index is -0.401. The predicted octanol–water partition coefficient (Wildman–Crippen LogP) is 3.94. The van der Waals surface area contributed by atoms with Crippen molar-refractivity contribution in [3.63, 3.8) is 0 Å². The molecular weight excluding hydrogens is 321 g/mol. The number of rotatable bonds is 7. The van der Waals surface area contributed by atoms with Gasteiger partial charge in [0, 0.05) is 5.69 Å². The van der Waals surface area contributed by atoms with Crippen LogP contribution in [0.15, 0.2) is 47.5 Å². The van der Waals surface area contributed by atoms with Gasteiger partial charge in [-0.1, -0.05) is 6.07 Å². The number of nitrogens with one attached hydrogen (secondary N) is 1.